The molecule has 0 spiro atoms. The van der Waals surface area contributed by atoms with Gasteiger partial charge in [-0.2, -0.15) is 0 Å². The van der Waals surface area contributed by atoms with Crippen LogP contribution in [0.4, 0.5) is 0 Å². The average molecular weight is 868 g/mol. The summed E-state index contributed by atoms with van der Waals surface area (Å²) in [6.45, 7) is 11.4. The zero-order valence-corrected chi connectivity index (χ0v) is 36.3. The quantitative estimate of drug-likeness (QED) is 0.148. The predicted molar refractivity (Wildman–Crippen MR) is 215 cm³/mol. The normalized spacial score (nSPS) is 57.3. The Hall–Kier alpha value is -0.900. The zero-order chi connectivity index (χ0) is 43.4. The van der Waals surface area contributed by atoms with Gasteiger partial charge in [-0.3, -0.25) is 4.90 Å². The van der Waals surface area contributed by atoms with E-state index in [0.29, 0.717) is 29.7 Å². The van der Waals surface area contributed by atoms with Gasteiger partial charge in [0.1, 0.15) is 67.1 Å². The lowest BCUT2D eigenvalue weighted by Crippen LogP contribution is -2.66. The minimum absolute atomic E-state index is 0.0482. The summed E-state index contributed by atoms with van der Waals surface area (Å²) >= 11 is 0. The lowest BCUT2D eigenvalue weighted by atomic mass is 9.47. The summed E-state index contributed by atoms with van der Waals surface area (Å²) in [5, 5.41) is 96.7. The molecular weight excluding hydrogens is 794 g/mol. The maximum Gasteiger partial charge on any atom is 0.187 e. The molecule has 5 heterocycles. The number of ether oxygens (including phenoxy) is 6. The van der Waals surface area contributed by atoms with Gasteiger partial charge < -0.3 is 74.4 Å². The third-order valence-electron chi connectivity index (χ3n) is 18.0. The fraction of sp³-hybridized carbons (Fsp3) is 0.956. The van der Waals surface area contributed by atoms with E-state index >= 15 is 0 Å². The van der Waals surface area contributed by atoms with Crippen molar-refractivity contribution in [1.82, 2.24) is 4.90 Å². The third kappa shape index (κ3) is 7.42. The molecule has 0 radical (unpaired) electrons. The summed E-state index contributed by atoms with van der Waals surface area (Å²) in [6.07, 6.45) is -10.8. The van der Waals surface area contributed by atoms with Crippen LogP contribution < -0.4 is 0 Å². The highest BCUT2D eigenvalue weighted by molar-refractivity contribution is 5.27. The smallest absolute Gasteiger partial charge is 0.187 e. The molecule has 0 bridgehead atoms. The predicted octanol–water partition coefficient (Wildman–Crippen LogP) is 0.155. The number of rotatable bonds is 8. The number of piperidine rings is 1. The zero-order valence-electron chi connectivity index (χ0n) is 36.3. The van der Waals surface area contributed by atoms with Crippen LogP contribution in [0.5, 0.6) is 0 Å². The first kappa shape index (κ1) is 45.3. The van der Waals surface area contributed by atoms with Gasteiger partial charge in [0.2, 0.25) is 0 Å². The minimum atomic E-state index is -1.84. The van der Waals surface area contributed by atoms with Crippen molar-refractivity contribution in [3.63, 3.8) is 0 Å². The van der Waals surface area contributed by atoms with E-state index < -0.39 is 105 Å². The highest BCUT2D eigenvalue weighted by Crippen LogP contribution is 2.70. The monoisotopic (exact) mass is 867 g/mol. The Bertz CT molecular complexity index is 1590. The van der Waals surface area contributed by atoms with Crippen LogP contribution in [0.1, 0.15) is 92.4 Å². The van der Waals surface area contributed by atoms with Gasteiger partial charge in [0.25, 0.3) is 0 Å². The number of aliphatic hydroxyl groups excluding tert-OH is 9. The standard InChI is InChI=1S/C45H73NO15/c1-19-6-9-27-20(2)31-28(46(27)16-19)15-26-24-8-7-22-14-23(10-12-44(22,4)25(24)11-13-45(26,31)5)57-42-37(54)39(33(50)29(17-47)58-42)61-43-38(55)40(34(51)30(18-48)59-43)60-41-36(53)35(52)32(49)21(3)56-41/h7,19-21,23-43,47-55H,6,8-18H2,1-5H3. The van der Waals surface area contributed by atoms with E-state index in [1.54, 1.807) is 0 Å². The summed E-state index contributed by atoms with van der Waals surface area (Å²) < 4.78 is 35.4. The molecule has 5 saturated heterocycles. The van der Waals surface area contributed by atoms with Crippen LogP contribution >= 0.6 is 0 Å². The Kier molecular flexibility index (Phi) is 12.7. The Labute approximate surface area is 359 Å². The highest BCUT2D eigenvalue weighted by atomic mass is 16.8. The molecule has 61 heavy (non-hydrogen) atoms. The van der Waals surface area contributed by atoms with Crippen LogP contribution in [0.25, 0.3) is 0 Å². The van der Waals surface area contributed by atoms with Crippen LogP contribution in [-0.2, 0) is 28.4 Å². The first-order chi connectivity index (χ1) is 29.0. The molecule has 26 atom stereocenters. The van der Waals surface area contributed by atoms with Crippen molar-refractivity contribution in [1.29, 1.82) is 0 Å². The number of hydrogen-bond donors (Lipinski definition) is 9. The van der Waals surface area contributed by atoms with Gasteiger partial charge in [0.15, 0.2) is 18.9 Å². The Morgan fingerprint density at radius 3 is 1.93 bits per heavy atom. The van der Waals surface area contributed by atoms with Crippen molar-refractivity contribution in [2.75, 3.05) is 19.8 Å². The molecule has 16 heteroatoms. The van der Waals surface area contributed by atoms with Gasteiger partial charge in [-0.1, -0.05) is 39.3 Å². The van der Waals surface area contributed by atoms with Gasteiger partial charge in [-0.05, 0) is 111 Å². The molecule has 5 aliphatic heterocycles. The lowest BCUT2D eigenvalue weighted by molar-refractivity contribution is -0.381. The summed E-state index contributed by atoms with van der Waals surface area (Å²) in [5.41, 5.74) is 1.81. The second kappa shape index (κ2) is 17.1. The fourth-order valence-electron chi connectivity index (χ4n) is 14.8. The Morgan fingerprint density at radius 1 is 0.672 bits per heavy atom. The Morgan fingerprint density at radius 2 is 1.30 bits per heavy atom. The van der Waals surface area contributed by atoms with Crippen LogP contribution in [0, 0.1) is 46.3 Å². The molecule has 8 fully saturated rings. The van der Waals surface area contributed by atoms with Gasteiger partial charge in [-0.15, -0.1) is 0 Å². The van der Waals surface area contributed by atoms with Crippen molar-refractivity contribution in [2.24, 2.45) is 46.3 Å². The van der Waals surface area contributed by atoms with Crippen molar-refractivity contribution >= 4 is 0 Å². The molecule has 16 nitrogen and oxygen atoms in total. The molecule has 0 amide bonds. The second-order valence-corrected chi connectivity index (χ2v) is 21.2. The number of allylic oxidation sites excluding steroid dienone is 1. The van der Waals surface area contributed by atoms with Crippen molar-refractivity contribution in [2.45, 2.75) is 203 Å². The van der Waals surface area contributed by atoms with E-state index in [4.69, 9.17) is 28.4 Å². The summed E-state index contributed by atoms with van der Waals surface area (Å²) in [4.78, 5) is 2.94. The molecule has 26 unspecified atom stereocenters. The molecule has 9 aliphatic rings. The van der Waals surface area contributed by atoms with E-state index in [9.17, 15) is 46.0 Å². The average Bonchev–Trinajstić information content (AvgIpc) is 3.71. The summed E-state index contributed by atoms with van der Waals surface area (Å²) in [5.74, 6) is 4.28. The molecule has 9 N–H and O–H groups in total. The van der Waals surface area contributed by atoms with Crippen LogP contribution in [0.15, 0.2) is 11.6 Å². The van der Waals surface area contributed by atoms with Gasteiger partial charge in [0.05, 0.1) is 25.4 Å². The van der Waals surface area contributed by atoms with Crippen LogP contribution in [0.2, 0.25) is 0 Å². The molecule has 4 aliphatic carbocycles. The van der Waals surface area contributed by atoms with Gasteiger partial charge >= 0.3 is 0 Å². The van der Waals surface area contributed by atoms with E-state index in [1.807, 2.05) is 0 Å². The second-order valence-electron chi connectivity index (χ2n) is 21.2. The molecule has 9 rings (SSSR count). The van der Waals surface area contributed by atoms with E-state index in [2.05, 4.69) is 38.7 Å². The first-order valence-corrected chi connectivity index (χ1v) is 23.4. The largest absolute Gasteiger partial charge is 0.394 e. The van der Waals surface area contributed by atoms with Crippen molar-refractivity contribution < 1.29 is 74.4 Å². The molecular formula is C45H73NO15. The van der Waals surface area contributed by atoms with E-state index in [1.165, 1.54) is 51.1 Å². The minimum Gasteiger partial charge on any atom is -0.394 e. The van der Waals surface area contributed by atoms with Crippen molar-refractivity contribution in [3.05, 3.63) is 11.6 Å². The van der Waals surface area contributed by atoms with E-state index in [-0.39, 0.29) is 11.5 Å². The summed E-state index contributed by atoms with van der Waals surface area (Å²) in [6, 6.07) is 1.46. The maximum atomic E-state index is 11.7. The molecule has 0 aromatic carbocycles. The Balaban J connectivity index is 0.869. The molecule has 0 aromatic heterocycles. The van der Waals surface area contributed by atoms with Crippen molar-refractivity contribution in [3.8, 4) is 0 Å². The summed E-state index contributed by atoms with van der Waals surface area (Å²) in [7, 11) is 0. The van der Waals surface area contributed by atoms with Crippen LogP contribution in [-0.4, -0.2) is 181 Å². The topological polar surface area (TPSA) is 241 Å². The number of aliphatic hydroxyl groups is 9. The number of nitrogens with zero attached hydrogens (tertiary/aromatic N) is 1. The first-order valence-electron chi connectivity index (χ1n) is 23.4. The van der Waals surface area contributed by atoms with Gasteiger partial charge in [0, 0.05) is 18.6 Å². The lowest BCUT2D eigenvalue weighted by Gasteiger charge is -2.58. The molecule has 348 valence electrons. The number of fused-ring (bicyclic) bond motifs is 9. The van der Waals surface area contributed by atoms with E-state index in [0.717, 1.165) is 49.0 Å². The number of hydrogen-bond acceptors (Lipinski definition) is 16. The highest BCUT2D eigenvalue weighted by Gasteiger charge is 2.66. The van der Waals surface area contributed by atoms with Gasteiger partial charge in [-0.25, -0.2) is 0 Å². The maximum absolute atomic E-state index is 11.7. The molecule has 3 saturated carbocycles. The SMILES string of the molecule is CC1CCC2C(C)C3C(CC4C5CC=C6CC(OC7OC(CO)C(O)C(OC8OC(CO)C(O)C(OC9OC(C)C(O)C(O)C9O)C8O)C7O)CCC6(C)C5CCC43C)N2C1. The fourth-order valence-corrected chi connectivity index (χ4v) is 14.8. The van der Waals surface area contributed by atoms with Crippen LogP contribution in [0.3, 0.4) is 0 Å². The molecule has 0 aromatic rings. The third-order valence-corrected chi connectivity index (χ3v) is 18.0.